The summed E-state index contributed by atoms with van der Waals surface area (Å²) in [7, 11) is 0. The predicted molar refractivity (Wildman–Crippen MR) is 80.6 cm³/mol. The molecule has 0 unspecified atom stereocenters. The molecular weight excluding hydrogens is 312 g/mol. The second kappa shape index (κ2) is 4.29. The van der Waals surface area contributed by atoms with Gasteiger partial charge in [0, 0.05) is 12.0 Å². The Morgan fingerprint density at radius 1 is 1.25 bits per heavy atom. The molecule has 4 fully saturated rings. The normalized spacial score (nSPS) is 51.7. The Balaban J connectivity index is 1.81. The Labute approximate surface area is 139 Å². The minimum Gasteiger partial charge on any atom is -0.461 e. The molecule has 4 aliphatic heterocycles. The van der Waals surface area contributed by atoms with Crippen molar-refractivity contribution >= 4 is 11.9 Å². The highest BCUT2D eigenvalue weighted by molar-refractivity contribution is 5.88. The quantitative estimate of drug-likeness (QED) is 0.520. The average Bonchev–Trinajstić information content (AvgIpc) is 2.53. The fourth-order valence-electron chi connectivity index (χ4n) is 5.98. The predicted octanol–water partition coefficient (Wildman–Crippen LogP) is 0.743. The van der Waals surface area contributed by atoms with E-state index in [1.165, 1.54) is 6.08 Å². The Hall–Kier alpha value is -1.66. The molecule has 7 atom stereocenters. The highest BCUT2D eigenvalue weighted by Crippen LogP contribution is 2.70. The van der Waals surface area contributed by atoms with Crippen LogP contribution in [0.2, 0.25) is 0 Å². The maximum absolute atomic E-state index is 13.0. The van der Waals surface area contributed by atoms with Crippen LogP contribution in [0.3, 0.4) is 0 Å². The van der Waals surface area contributed by atoms with E-state index in [4.69, 9.17) is 14.2 Å². The first-order valence-electron chi connectivity index (χ1n) is 8.53. The molecule has 0 aromatic heterocycles. The number of esters is 2. The smallest absolute Gasteiger partial charge is 0.330 e. The summed E-state index contributed by atoms with van der Waals surface area (Å²) in [5.74, 6) is -1.00. The molecule has 0 amide bonds. The second-order valence-electron chi connectivity index (χ2n) is 7.74. The molecule has 1 N–H and O–H groups in total. The number of carbonyl (C=O) groups is 2. The highest BCUT2D eigenvalue weighted by Gasteiger charge is 2.77. The molecule has 6 heteroatoms. The number of carbonyl (C=O) groups excluding carboxylic acids is 2. The molecular formula is C18H20O6. The number of fused-ring (bicyclic) bond motifs is 1. The van der Waals surface area contributed by atoms with Crippen LogP contribution in [0.4, 0.5) is 0 Å². The monoisotopic (exact) mass is 332 g/mol. The van der Waals surface area contributed by atoms with E-state index in [-0.39, 0.29) is 43.1 Å². The zero-order chi connectivity index (χ0) is 16.9. The fourth-order valence-corrected chi connectivity index (χ4v) is 5.98. The van der Waals surface area contributed by atoms with Crippen molar-refractivity contribution in [3.05, 3.63) is 23.3 Å². The first-order valence-corrected chi connectivity index (χ1v) is 8.53. The second-order valence-corrected chi connectivity index (χ2v) is 7.74. The summed E-state index contributed by atoms with van der Waals surface area (Å²) < 4.78 is 17.0. The molecule has 2 saturated heterocycles. The van der Waals surface area contributed by atoms with Crippen LogP contribution in [0.5, 0.6) is 0 Å². The molecule has 4 heterocycles. The van der Waals surface area contributed by atoms with Crippen LogP contribution in [0.15, 0.2) is 23.3 Å². The van der Waals surface area contributed by atoms with Gasteiger partial charge in [0.15, 0.2) is 0 Å². The lowest BCUT2D eigenvalue weighted by Gasteiger charge is -2.69. The summed E-state index contributed by atoms with van der Waals surface area (Å²) in [5.41, 5.74) is 0.0916. The lowest BCUT2D eigenvalue weighted by molar-refractivity contribution is -0.290. The first kappa shape index (κ1) is 14.7. The van der Waals surface area contributed by atoms with E-state index in [1.807, 2.05) is 19.9 Å². The zero-order valence-corrected chi connectivity index (χ0v) is 13.7. The molecule has 4 bridgehead atoms. The van der Waals surface area contributed by atoms with Crippen molar-refractivity contribution in [2.24, 2.45) is 22.7 Å². The third-order valence-electron chi connectivity index (χ3n) is 6.94. The Bertz CT molecular complexity index is 723. The molecule has 6 aliphatic rings. The molecule has 2 aliphatic carbocycles. The van der Waals surface area contributed by atoms with Crippen molar-refractivity contribution in [1.82, 2.24) is 0 Å². The van der Waals surface area contributed by atoms with Gasteiger partial charge in [-0.2, -0.15) is 0 Å². The van der Waals surface area contributed by atoms with Crippen LogP contribution in [0.25, 0.3) is 0 Å². The number of aliphatic hydroxyl groups excluding tert-OH is 1. The van der Waals surface area contributed by atoms with E-state index in [1.54, 1.807) is 0 Å². The summed E-state index contributed by atoms with van der Waals surface area (Å²) in [6, 6.07) is 0. The van der Waals surface area contributed by atoms with E-state index < -0.39 is 23.0 Å². The molecule has 24 heavy (non-hydrogen) atoms. The summed E-state index contributed by atoms with van der Waals surface area (Å²) >= 11 is 0. The van der Waals surface area contributed by atoms with Crippen LogP contribution in [0.1, 0.15) is 20.3 Å². The topological polar surface area (TPSA) is 82.1 Å². The lowest BCUT2D eigenvalue weighted by atomic mass is 9.40. The number of hydrogen-bond acceptors (Lipinski definition) is 6. The number of ether oxygens (including phenoxy) is 3. The highest BCUT2D eigenvalue weighted by atomic mass is 16.6. The van der Waals surface area contributed by atoms with Crippen molar-refractivity contribution < 1.29 is 28.9 Å². The van der Waals surface area contributed by atoms with E-state index in [2.05, 4.69) is 0 Å². The molecule has 6 nitrogen and oxygen atoms in total. The zero-order valence-electron chi connectivity index (χ0n) is 13.7. The number of hydrogen-bond donors (Lipinski definition) is 1. The van der Waals surface area contributed by atoms with Crippen molar-refractivity contribution in [2.45, 2.75) is 38.6 Å². The Morgan fingerprint density at radius 3 is 2.83 bits per heavy atom. The summed E-state index contributed by atoms with van der Waals surface area (Å²) in [6.07, 6.45) is 2.51. The van der Waals surface area contributed by atoms with Gasteiger partial charge in [-0.15, -0.1) is 0 Å². The van der Waals surface area contributed by atoms with E-state index in [0.29, 0.717) is 6.42 Å². The molecule has 0 aromatic carbocycles. The average molecular weight is 332 g/mol. The van der Waals surface area contributed by atoms with Crippen molar-refractivity contribution in [3.63, 3.8) is 0 Å². The van der Waals surface area contributed by atoms with Crippen LogP contribution in [-0.2, 0) is 23.8 Å². The van der Waals surface area contributed by atoms with Gasteiger partial charge in [0.05, 0.1) is 23.7 Å². The van der Waals surface area contributed by atoms with E-state index in [9.17, 15) is 14.7 Å². The van der Waals surface area contributed by atoms with Gasteiger partial charge < -0.3 is 19.3 Å². The van der Waals surface area contributed by atoms with Gasteiger partial charge in [0.2, 0.25) is 0 Å². The van der Waals surface area contributed by atoms with Crippen molar-refractivity contribution in [1.29, 1.82) is 0 Å². The van der Waals surface area contributed by atoms with Gasteiger partial charge in [0.25, 0.3) is 0 Å². The summed E-state index contributed by atoms with van der Waals surface area (Å²) in [6.45, 7) is 4.24. The third-order valence-corrected chi connectivity index (χ3v) is 6.94. The standard InChI is InChI=1S/C18H20O6/c1-8-5-10-6-12(19)23-7-17(10)14(20)13-9(2)24-15(17)18(8)11(13)3-4-22-16(18)21/h3,6,8-9,13-15,20H,4-5,7H2,1-2H3/t8-,9-,13-,14+,15-,17+,18+/m0/s1. The first-order chi connectivity index (χ1) is 11.4. The van der Waals surface area contributed by atoms with Gasteiger partial charge in [-0.1, -0.05) is 6.92 Å². The van der Waals surface area contributed by atoms with Crippen LogP contribution >= 0.6 is 0 Å². The minimum atomic E-state index is -0.879. The fraction of sp³-hybridized carbons (Fsp3) is 0.667. The molecule has 0 aromatic rings. The van der Waals surface area contributed by atoms with Crippen LogP contribution in [-0.4, -0.2) is 48.6 Å². The van der Waals surface area contributed by atoms with Gasteiger partial charge in [-0.25, -0.2) is 4.79 Å². The lowest BCUT2D eigenvalue weighted by Crippen LogP contribution is -2.78. The van der Waals surface area contributed by atoms with Crippen molar-refractivity contribution in [2.75, 3.05) is 13.2 Å². The SMILES string of the molecule is C[C@@H]1O[C@H]2[C@]34COC(=O)C=C3C[C@H](C)[C@]23C(=O)OCC=C3[C@H]1[C@H]4O. The molecule has 6 rings (SSSR count). The molecule has 2 spiro atoms. The minimum absolute atomic E-state index is 0.0573. The number of aliphatic hydroxyl groups is 1. The summed E-state index contributed by atoms with van der Waals surface area (Å²) in [5, 5.41) is 11.3. The third kappa shape index (κ3) is 1.31. The van der Waals surface area contributed by atoms with Crippen molar-refractivity contribution in [3.8, 4) is 0 Å². The molecule has 0 radical (unpaired) electrons. The number of cyclic esters (lactones) is 2. The van der Waals surface area contributed by atoms with E-state index in [0.717, 1.165) is 11.1 Å². The molecule has 128 valence electrons. The summed E-state index contributed by atoms with van der Waals surface area (Å²) in [4.78, 5) is 24.7. The maximum atomic E-state index is 13.0. The Morgan fingerprint density at radius 2 is 2.04 bits per heavy atom. The van der Waals surface area contributed by atoms with E-state index >= 15 is 0 Å². The number of rotatable bonds is 0. The van der Waals surface area contributed by atoms with Gasteiger partial charge in [-0.05, 0) is 36.5 Å². The Kier molecular flexibility index (Phi) is 2.62. The van der Waals surface area contributed by atoms with Gasteiger partial charge >= 0.3 is 11.9 Å². The van der Waals surface area contributed by atoms with Crippen LogP contribution < -0.4 is 0 Å². The maximum Gasteiger partial charge on any atom is 0.330 e. The van der Waals surface area contributed by atoms with Gasteiger partial charge in [-0.3, -0.25) is 4.79 Å². The van der Waals surface area contributed by atoms with Crippen LogP contribution in [0, 0.1) is 22.7 Å². The molecule has 2 saturated carbocycles. The largest absolute Gasteiger partial charge is 0.461 e. The van der Waals surface area contributed by atoms with Gasteiger partial charge in [0.1, 0.15) is 18.6 Å².